The average Bonchev–Trinajstić information content (AvgIpc) is 2.49. The molecule has 0 aromatic heterocycles. The van der Waals surface area contributed by atoms with Gasteiger partial charge in [-0.1, -0.05) is 35.9 Å². The fourth-order valence-corrected chi connectivity index (χ4v) is 2.17. The molecule has 2 aromatic rings. The Morgan fingerprint density at radius 1 is 0.950 bits per heavy atom. The van der Waals surface area contributed by atoms with Crippen LogP contribution in [0.3, 0.4) is 0 Å². The van der Waals surface area contributed by atoms with Crippen molar-refractivity contribution in [1.82, 2.24) is 5.32 Å². The molecule has 0 aliphatic rings. The van der Waals surface area contributed by atoms with Gasteiger partial charge < -0.3 is 14.8 Å². The fourth-order valence-electron chi connectivity index (χ4n) is 1.97. The van der Waals surface area contributed by atoms with Gasteiger partial charge in [-0.05, 0) is 17.7 Å². The minimum absolute atomic E-state index is 0.707. The van der Waals surface area contributed by atoms with Crippen LogP contribution in [0, 0.1) is 0 Å². The molecule has 1 N–H and O–H groups in total. The van der Waals surface area contributed by atoms with Crippen molar-refractivity contribution in [3.63, 3.8) is 0 Å². The summed E-state index contributed by atoms with van der Waals surface area (Å²) in [5, 5.41) is 4.15. The van der Waals surface area contributed by atoms with Crippen molar-refractivity contribution < 1.29 is 9.47 Å². The monoisotopic (exact) mass is 291 g/mol. The number of ether oxygens (including phenoxy) is 2. The standard InChI is InChI=1S/C16H18ClNO2/c1-19-14-8-7-13(16(9-14)20-2)11-18-10-12-5-3-4-6-15(12)17/h3-9,18H,10-11H2,1-2H3. The zero-order valence-electron chi connectivity index (χ0n) is 11.7. The lowest BCUT2D eigenvalue weighted by atomic mass is 10.1. The predicted octanol–water partition coefficient (Wildman–Crippen LogP) is 3.65. The van der Waals surface area contributed by atoms with Gasteiger partial charge in [-0.25, -0.2) is 0 Å². The zero-order chi connectivity index (χ0) is 14.4. The van der Waals surface area contributed by atoms with Crippen molar-refractivity contribution in [3.05, 3.63) is 58.6 Å². The smallest absolute Gasteiger partial charge is 0.127 e. The van der Waals surface area contributed by atoms with E-state index in [1.54, 1.807) is 14.2 Å². The summed E-state index contributed by atoms with van der Waals surface area (Å²) in [6.45, 7) is 1.42. The van der Waals surface area contributed by atoms with Crippen molar-refractivity contribution in [1.29, 1.82) is 0 Å². The molecule has 0 spiro atoms. The highest BCUT2D eigenvalue weighted by Crippen LogP contribution is 2.24. The van der Waals surface area contributed by atoms with E-state index in [1.165, 1.54) is 0 Å². The van der Waals surface area contributed by atoms with Crippen LogP contribution in [0.1, 0.15) is 11.1 Å². The Labute approximate surface area is 124 Å². The molecule has 0 saturated heterocycles. The third-order valence-corrected chi connectivity index (χ3v) is 3.45. The molecule has 4 heteroatoms. The molecule has 20 heavy (non-hydrogen) atoms. The highest BCUT2D eigenvalue weighted by atomic mass is 35.5. The van der Waals surface area contributed by atoms with E-state index in [-0.39, 0.29) is 0 Å². The summed E-state index contributed by atoms with van der Waals surface area (Å²) in [7, 11) is 3.30. The lowest BCUT2D eigenvalue weighted by molar-refractivity contribution is 0.390. The molecule has 0 unspecified atom stereocenters. The number of halogens is 1. The van der Waals surface area contributed by atoms with E-state index in [4.69, 9.17) is 21.1 Å². The molecule has 0 bridgehead atoms. The molecular formula is C16H18ClNO2. The molecule has 0 amide bonds. The van der Waals surface area contributed by atoms with E-state index in [1.807, 2.05) is 42.5 Å². The molecule has 0 saturated carbocycles. The number of methoxy groups -OCH3 is 2. The van der Waals surface area contributed by atoms with Crippen molar-refractivity contribution in [2.24, 2.45) is 0 Å². The Balaban J connectivity index is 1.99. The fraction of sp³-hybridized carbons (Fsp3) is 0.250. The lowest BCUT2D eigenvalue weighted by Gasteiger charge is -2.11. The van der Waals surface area contributed by atoms with Crippen LogP contribution < -0.4 is 14.8 Å². The Kier molecular flexibility index (Phi) is 5.27. The Morgan fingerprint density at radius 3 is 2.40 bits per heavy atom. The van der Waals surface area contributed by atoms with Gasteiger partial charge in [0.15, 0.2) is 0 Å². The molecule has 0 atom stereocenters. The highest BCUT2D eigenvalue weighted by Gasteiger charge is 2.05. The number of nitrogens with one attached hydrogen (secondary N) is 1. The Bertz CT molecular complexity index is 572. The van der Waals surface area contributed by atoms with Gasteiger partial charge in [0.1, 0.15) is 11.5 Å². The summed E-state index contributed by atoms with van der Waals surface area (Å²) in [6.07, 6.45) is 0. The molecule has 0 fully saturated rings. The molecule has 0 aliphatic heterocycles. The summed E-state index contributed by atoms with van der Waals surface area (Å²) < 4.78 is 10.6. The van der Waals surface area contributed by atoms with Gasteiger partial charge in [-0.3, -0.25) is 0 Å². The quantitative estimate of drug-likeness (QED) is 0.881. The largest absolute Gasteiger partial charge is 0.497 e. The van der Waals surface area contributed by atoms with Crippen molar-refractivity contribution in [2.45, 2.75) is 13.1 Å². The zero-order valence-corrected chi connectivity index (χ0v) is 12.4. The van der Waals surface area contributed by atoms with Crippen LogP contribution in [0.25, 0.3) is 0 Å². The van der Waals surface area contributed by atoms with E-state index in [0.717, 1.165) is 34.2 Å². The molecule has 2 aromatic carbocycles. The number of hydrogen-bond acceptors (Lipinski definition) is 3. The van der Waals surface area contributed by atoms with E-state index in [9.17, 15) is 0 Å². The minimum atomic E-state index is 0.707. The normalized spacial score (nSPS) is 10.3. The number of rotatable bonds is 6. The van der Waals surface area contributed by atoms with Crippen LogP contribution in [0.5, 0.6) is 11.5 Å². The topological polar surface area (TPSA) is 30.5 Å². The summed E-state index contributed by atoms with van der Waals surface area (Å²) in [5.74, 6) is 1.60. The average molecular weight is 292 g/mol. The molecule has 2 rings (SSSR count). The van der Waals surface area contributed by atoms with E-state index < -0.39 is 0 Å². The number of hydrogen-bond donors (Lipinski definition) is 1. The van der Waals surface area contributed by atoms with Gasteiger partial charge in [-0.2, -0.15) is 0 Å². The van der Waals surface area contributed by atoms with E-state index in [0.29, 0.717) is 6.54 Å². The molecule has 0 radical (unpaired) electrons. The number of benzene rings is 2. The van der Waals surface area contributed by atoms with Crippen LogP contribution in [-0.4, -0.2) is 14.2 Å². The summed E-state index contributed by atoms with van der Waals surface area (Å²) in [4.78, 5) is 0. The molecule has 0 aliphatic carbocycles. The second-order valence-corrected chi connectivity index (χ2v) is 4.78. The Morgan fingerprint density at radius 2 is 1.70 bits per heavy atom. The van der Waals surface area contributed by atoms with Crippen LogP contribution in [0.15, 0.2) is 42.5 Å². The van der Waals surface area contributed by atoms with Gasteiger partial charge in [0.25, 0.3) is 0 Å². The van der Waals surface area contributed by atoms with Gasteiger partial charge >= 0.3 is 0 Å². The third-order valence-electron chi connectivity index (χ3n) is 3.08. The summed E-state index contributed by atoms with van der Waals surface area (Å²) >= 11 is 6.12. The SMILES string of the molecule is COc1ccc(CNCc2ccccc2Cl)c(OC)c1. The maximum absolute atomic E-state index is 6.12. The van der Waals surface area contributed by atoms with Gasteiger partial charge in [0, 0.05) is 29.7 Å². The first-order chi connectivity index (χ1) is 9.74. The van der Waals surface area contributed by atoms with Crippen LogP contribution in [0.2, 0.25) is 5.02 Å². The van der Waals surface area contributed by atoms with Crippen molar-refractivity contribution in [3.8, 4) is 11.5 Å². The lowest BCUT2D eigenvalue weighted by Crippen LogP contribution is -2.13. The van der Waals surface area contributed by atoms with Gasteiger partial charge in [-0.15, -0.1) is 0 Å². The predicted molar refractivity (Wildman–Crippen MR) is 81.5 cm³/mol. The molecule has 3 nitrogen and oxygen atoms in total. The first-order valence-electron chi connectivity index (χ1n) is 6.39. The first-order valence-corrected chi connectivity index (χ1v) is 6.77. The molecular weight excluding hydrogens is 274 g/mol. The molecule has 0 heterocycles. The van der Waals surface area contributed by atoms with Crippen LogP contribution in [-0.2, 0) is 13.1 Å². The van der Waals surface area contributed by atoms with Crippen molar-refractivity contribution >= 4 is 11.6 Å². The minimum Gasteiger partial charge on any atom is -0.497 e. The second kappa shape index (κ2) is 7.17. The summed E-state index contributed by atoms with van der Waals surface area (Å²) in [6, 6.07) is 13.6. The van der Waals surface area contributed by atoms with Gasteiger partial charge in [0.2, 0.25) is 0 Å². The van der Waals surface area contributed by atoms with Crippen LogP contribution >= 0.6 is 11.6 Å². The third kappa shape index (κ3) is 3.65. The van der Waals surface area contributed by atoms with Crippen LogP contribution in [0.4, 0.5) is 0 Å². The van der Waals surface area contributed by atoms with Crippen molar-refractivity contribution in [2.75, 3.05) is 14.2 Å². The second-order valence-electron chi connectivity index (χ2n) is 4.37. The maximum Gasteiger partial charge on any atom is 0.127 e. The van der Waals surface area contributed by atoms with E-state index >= 15 is 0 Å². The Hall–Kier alpha value is -1.71. The highest BCUT2D eigenvalue weighted by molar-refractivity contribution is 6.31. The molecule has 106 valence electrons. The van der Waals surface area contributed by atoms with Gasteiger partial charge in [0.05, 0.1) is 14.2 Å². The van der Waals surface area contributed by atoms with E-state index in [2.05, 4.69) is 5.32 Å². The maximum atomic E-state index is 6.12. The summed E-state index contributed by atoms with van der Waals surface area (Å²) in [5.41, 5.74) is 2.17. The first kappa shape index (κ1) is 14.7.